The Hall–Kier alpha value is -2.95. The quantitative estimate of drug-likeness (QED) is 0.772. The summed E-state index contributed by atoms with van der Waals surface area (Å²) in [6.45, 7) is 0. The number of hydrazine groups is 1. The fourth-order valence-corrected chi connectivity index (χ4v) is 3.80. The van der Waals surface area contributed by atoms with E-state index in [9.17, 15) is 14.0 Å². The maximum atomic E-state index is 14.6. The van der Waals surface area contributed by atoms with Crippen LogP contribution in [-0.4, -0.2) is 6.23 Å². The largest absolute Gasteiger partial charge is 0.458 e. The summed E-state index contributed by atoms with van der Waals surface area (Å²) in [4.78, 5) is 0. The molecule has 4 atom stereocenters. The summed E-state index contributed by atoms with van der Waals surface area (Å²) in [7, 11) is 0. The van der Waals surface area contributed by atoms with Crippen LogP contribution >= 0.6 is 0 Å². The zero-order valence-electron chi connectivity index (χ0n) is 13.6. The van der Waals surface area contributed by atoms with Gasteiger partial charge in [0.1, 0.15) is 17.7 Å². The second-order valence-electron chi connectivity index (χ2n) is 6.30. The lowest BCUT2D eigenvalue weighted by atomic mass is 9.74. The summed E-state index contributed by atoms with van der Waals surface area (Å²) < 4.78 is 34.7. The molecule has 2 aliphatic heterocycles. The van der Waals surface area contributed by atoms with Gasteiger partial charge >= 0.3 is 0 Å². The van der Waals surface area contributed by atoms with Crippen LogP contribution in [0.15, 0.2) is 60.0 Å². The Balaban J connectivity index is 1.89. The summed E-state index contributed by atoms with van der Waals surface area (Å²) >= 11 is 0. The van der Waals surface area contributed by atoms with Crippen LogP contribution in [-0.2, 0) is 4.74 Å². The number of hydrogen-bond donors (Lipinski definition) is 3. The molecule has 0 aromatic heterocycles. The predicted molar refractivity (Wildman–Crippen MR) is 89.7 cm³/mol. The molecule has 4 unspecified atom stereocenters. The van der Waals surface area contributed by atoms with Gasteiger partial charge in [0, 0.05) is 17.4 Å². The van der Waals surface area contributed by atoms with E-state index >= 15 is 0 Å². The third-order valence-corrected chi connectivity index (χ3v) is 4.92. The molecule has 0 radical (unpaired) electrons. The van der Waals surface area contributed by atoms with Crippen molar-refractivity contribution in [3.8, 4) is 6.07 Å². The molecule has 7 heteroatoms. The number of nitrogens with two attached hydrogens (primary N) is 1. The second-order valence-corrected chi connectivity index (χ2v) is 6.30. The normalized spacial score (nSPS) is 27.6. The van der Waals surface area contributed by atoms with Gasteiger partial charge in [0.2, 0.25) is 5.88 Å². The number of ether oxygens (including phenoxy) is 1. The van der Waals surface area contributed by atoms with Crippen LogP contribution in [0, 0.1) is 28.9 Å². The van der Waals surface area contributed by atoms with Crippen LogP contribution < -0.4 is 16.6 Å². The SMILES string of the molecule is N#CC1=C(N)OC2NNC(c3ccccc3)C2C1c1c(F)cccc1F. The van der Waals surface area contributed by atoms with Crippen LogP contribution in [0.25, 0.3) is 0 Å². The number of nitrogens with zero attached hydrogens (tertiary/aromatic N) is 1. The van der Waals surface area contributed by atoms with E-state index < -0.39 is 29.7 Å². The highest BCUT2D eigenvalue weighted by Gasteiger charge is 2.50. The van der Waals surface area contributed by atoms with Gasteiger partial charge < -0.3 is 10.5 Å². The summed E-state index contributed by atoms with van der Waals surface area (Å²) in [5, 5.41) is 9.60. The summed E-state index contributed by atoms with van der Waals surface area (Å²) in [5.41, 5.74) is 12.7. The number of hydrogen-bond acceptors (Lipinski definition) is 5. The lowest BCUT2D eigenvalue weighted by Crippen LogP contribution is -2.41. The van der Waals surface area contributed by atoms with Gasteiger partial charge in [0.25, 0.3) is 0 Å². The highest BCUT2D eigenvalue weighted by Crippen LogP contribution is 2.48. The van der Waals surface area contributed by atoms with Crippen LogP contribution in [0.3, 0.4) is 0 Å². The van der Waals surface area contributed by atoms with E-state index in [1.165, 1.54) is 18.2 Å². The van der Waals surface area contributed by atoms with E-state index in [1.807, 2.05) is 36.4 Å². The van der Waals surface area contributed by atoms with E-state index in [1.54, 1.807) is 0 Å². The fourth-order valence-electron chi connectivity index (χ4n) is 3.80. The average molecular weight is 354 g/mol. The zero-order valence-corrected chi connectivity index (χ0v) is 13.6. The summed E-state index contributed by atoms with van der Waals surface area (Å²) in [5.74, 6) is -2.90. The second kappa shape index (κ2) is 6.41. The molecule has 0 amide bonds. The standard InChI is InChI=1S/C19H16F2N4O/c20-12-7-4-8-13(21)15(12)14-11(9-22)18(23)26-19-16(14)17(24-25-19)10-5-2-1-3-6-10/h1-8,14,16-17,19,24-25H,23H2. The van der Waals surface area contributed by atoms with E-state index in [-0.39, 0.29) is 23.1 Å². The maximum Gasteiger partial charge on any atom is 0.200 e. The van der Waals surface area contributed by atoms with Gasteiger partial charge in [-0.3, -0.25) is 0 Å². The lowest BCUT2D eigenvalue weighted by molar-refractivity contribution is 0.0331. The van der Waals surface area contributed by atoms with Gasteiger partial charge in [-0.15, -0.1) is 0 Å². The predicted octanol–water partition coefficient (Wildman–Crippen LogP) is 2.56. The molecule has 2 aromatic rings. The molecule has 1 saturated heterocycles. The zero-order chi connectivity index (χ0) is 18.3. The number of rotatable bonds is 2. The van der Waals surface area contributed by atoms with Gasteiger partial charge in [-0.25, -0.2) is 19.6 Å². The smallest absolute Gasteiger partial charge is 0.200 e. The van der Waals surface area contributed by atoms with Gasteiger partial charge in [0.05, 0.1) is 11.6 Å². The first-order valence-electron chi connectivity index (χ1n) is 8.18. The molecular formula is C19H16F2N4O. The maximum absolute atomic E-state index is 14.6. The molecule has 2 aromatic carbocycles. The van der Waals surface area contributed by atoms with Crippen molar-refractivity contribution in [1.82, 2.24) is 10.9 Å². The van der Waals surface area contributed by atoms with Crippen molar-refractivity contribution in [3.63, 3.8) is 0 Å². The van der Waals surface area contributed by atoms with Crippen molar-refractivity contribution in [3.05, 3.63) is 82.7 Å². The van der Waals surface area contributed by atoms with Crippen molar-refractivity contribution in [2.75, 3.05) is 0 Å². The minimum atomic E-state index is -0.882. The Morgan fingerprint density at radius 1 is 1.00 bits per heavy atom. The molecule has 4 rings (SSSR count). The first-order chi connectivity index (χ1) is 12.6. The molecule has 0 saturated carbocycles. The Kier molecular flexibility index (Phi) is 4.07. The summed E-state index contributed by atoms with van der Waals surface area (Å²) in [6, 6.07) is 14.8. The minimum Gasteiger partial charge on any atom is -0.458 e. The Morgan fingerprint density at radius 3 is 2.35 bits per heavy atom. The molecule has 26 heavy (non-hydrogen) atoms. The minimum absolute atomic E-state index is 0.0293. The number of nitriles is 1. The van der Waals surface area contributed by atoms with Crippen molar-refractivity contribution in [1.29, 1.82) is 5.26 Å². The van der Waals surface area contributed by atoms with E-state index in [0.29, 0.717) is 0 Å². The molecule has 0 spiro atoms. The molecule has 5 nitrogen and oxygen atoms in total. The van der Waals surface area contributed by atoms with Gasteiger partial charge in [-0.2, -0.15) is 5.26 Å². The number of benzene rings is 2. The Morgan fingerprint density at radius 2 is 1.69 bits per heavy atom. The highest BCUT2D eigenvalue weighted by molar-refractivity contribution is 5.43. The molecule has 1 fully saturated rings. The van der Waals surface area contributed by atoms with E-state index in [0.717, 1.165) is 5.56 Å². The third-order valence-electron chi connectivity index (χ3n) is 4.92. The van der Waals surface area contributed by atoms with Crippen molar-refractivity contribution in [2.24, 2.45) is 11.7 Å². The molecule has 0 aliphatic carbocycles. The topological polar surface area (TPSA) is 83.1 Å². The van der Waals surface area contributed by atoms with E-state index in [4.69, 9.17) is 10.5 Å². The van der Waals surface area contributed by atoms with Gasteiger partial charge in [-0.05, 0) is 17.7 Å². The van der Waals surface area contributed by atoms with E-state index in [2.05, 4.69) is 10.9 Å². The summed E-state index contributed by atoms with van der Waals surface area (Å²) in [6.07, 6.45) is -0.624. The van der Waals surface area contributed by atoms with Crippen molar-refractivity contribution < 1.29 is 13.5 Å². The monoisotopic (exact) mass is 354 g/mol. The fraction of sp³-hybridized carbons (Fsp3) is 0.211. The van der Waals surface area contributed by atoms with Gasteiger partial charge in [-0.1, -0.05) is 36.4 Å². The van der Waals surface area contributed by atoms with Crippen LogP contribution in [0.4, 0.5) is 8.78 Å². The van der Waals surface area contributed by atoms with Crippen LogP contribution in [0.2, 0.25) is 0 Å². The highest BCUT2D eigenvalue weighted by atomic mass is 19.1. The Labute approximate surface area is 149 Å². The molecule has 2 aliphatic rings. The number of allylic oxidation sites excluding steroid dienone is 1. The molecule has 0 bridgehead atoms. The molecule has 132 valence electrons. The molecule has 4 N–H and O–H groups in total. The number of halogens is 2. The Bertz CT molecular complexity index is 889. The van der Waals surface area contributed by atoms with Crippen LogP contribution in [0.1, 0.15) is 23.1 Å². The van der Waals surface area contributed by atoms with Gasteiger partial charge in [0.15, 0.2) is 6.23 Å². The number of nitrogens with one attached hydrogen (secondary N) is 2. The first kappa shape index (κ1) is 16.5. The molecule has 2 heterocycles. The lowest BCUT2D eigenvalue weighted by Gasteiger charge is -2.36. The van der Waals surface area contributed by atoms with Crippen LogP contribution in [0.5, 0.6) is 0 Å². The first-order valence-corrected chi connectivity index (χ1v) is 8.18. The van der Waals surface area contributed by atoms with Crippen molar-refractivity contribution in [2.45, 2.75) is 18.2 Å². The average Bonchev–Trinajstić information content (AvgIpc) is 3.05. The third kappa shape index (κ3) is 2.51. The number of fused-ring (bicyclic) bond motifs is 1. The molecular weight excluding hydrogens is 338 g/mol. The van der Waals surface area contributed by atoms with Crippen molar-refractivity contribution >= 4 is 0 Å².